The van der Waals surface area contributed by atoms with Gasteiger partial charge in [-0.15, -0.1) is 0 Å². The van der Waals surface area contributed by atoms with Gasteiger partial charge >= 0.3 is 0 Å². The summed E-state index contributed by atoms with van der Waals surface area (Å²) in [6.45, 7) is 0.854. The van der Waals surface area contributed by atoms with Gasteiger partial charge in [0.15, 0.2) is 0 Å². The molecule has 0 saturated heterocycles. The summed E-state index contributed by atoms with van der Waals surface area (Å²) in [5, 5.41) is 0. The fraction of sp³-hybridized carbons (Fsp3) is 0.455. The molecule has 0 atom stereocenters. The summed E-state index contributed by atoms with van der Waals surface area (Å²) in [5.74, 6) is 0.717. The largest absolute Gasteiger partial charge is 0.340 e. The van der Waals surface area contributed by atoms with Crippen LogP contribution in [0, 0.1) is 5.92 Å². The molecule has 2 rings (SSSR count). The molecule has 0 spiro atoms. The lowest BCUT2D eigenvalue weighted by Crippen LogP contribution is -2.29. The van der Waals surface area contributed by atoms with Gasteiger partial charge in [0.1, 0.15) is 10.3 Å². The topological polar surface area (TPSA) is 33.2 Å². The van der Waals surface area contributed by atoms with E-state index < -0.39 is 0 Å². The van der Waals surface area contributed by atoms with E-state index in [-0.39, 0.29) is 5.91 Å². The minimum atomic E-state index is 0.00296. The first kappa shape index (κ1) is 10.6. The van der Waals surface area contributed by atoms with E-state index in [1.807, 2.05) is 19.2 Å². The number of hydrogen-bond acceptors (Lipinski definition) is 2. The number of pyridine rings is 1. The molecule has 1 heterocycles. The maximum atomic E-state index is 11.9. The van der Waals surface area contributed by atoms with Crippen molar-refractivity contribution in [2.45, 2.75) is 12.8 Å². The molecule has 0 N–H and O–H groups in total. The Morgan fingerprint density at radius 2 is 2.33 bits per heavy atom. The van der Waals surface area contributed by atoms with E-state index in [0.717, 1.165) is 6.54 Å². The van der Waals surface area contributed by atoms with Crippen molar-refractivity contribution in [1.82, 2.24) is 9.88 Å². The van der Waals surface area contributed by atoms with Crippen LogP contribution in [0.5, 0.6) is 0 Å². The number of rotatable bonds is 3. The number of hydrogen-bond donors (Lipinski definition) is 0. The van der Waals surface area contributed by atoms with Crippen LogP contribution in [0.3, 0.4) is 0 Å². The second-order valence-electron chi connectivity index (χ2n) is 3.97. The predicted octanol–water partition coefficient (Wildman–Crippen LogP) is 2.33. The van der Waals surface area contributed by atoms with E-state index in [2.05, 4.69) is 20.9 Å². The lowest BCUT2D eigenvalue weighted by Gasteiger charge is -2.15. The lowest BCUT2D eigenvalue weighted by molar-refractivity contribution is 0.0782. The quantitative estimate of drug-likeness (QED) is 0.789. The van der Waals surface area contributed by atoms with Crippen molar-refractivity contribution in [1.29, 1.82) is 0 Å². The van der Waals surface area contributed by atoms with Crippen LogP contribution in [0.1, 0.15) is 23.3 Å². The van der Waals surface area contributed by atoms with Crippen molar-refractivity contribution in [2.24, 2.45) is 5.92 Å². The van der Waals surface area contributed by atoms with Crippen LogP contribution in [-0.2, 0) is 0 Å². The maximum Gasteiger partial charge on any atom is 0.272 e. The highest BCUT2D eigenvalue weighted by Crippen LogP contribution is 2.29. The van der Waals surface area contributed by atoms with Crippen molar-refractivity contribution in [3.63, 3.8) is 0 Å². The maximum absolute atomic E-state index is 11.9. The van der Waals surface area contributed by atoms with Crippen molar-refractivity contribution >= 4 is 21.8 Å². The second kappa shape index (κ2) is 4.31. The van der Waals surface area contributed by atoms with Crippen molar-refractivity contribution < 1.29 is 4.79 Å². The van der Waals surface area contributed by atoms with Gasteiger partial charge in [0.05, 0.1) is 0 Å². The van der Waals surface area contributed by atoms with E-state index in [1.54, 1.807) is 11.0 Å². The van der Waals surface area contributed by atoms with Crippen LogP contribution >= 0.6 is 15.9 Å². The fourth-order valence-electron chi connectivity index (χ4n) is 1.49. The zero-order valence-corrected chi connectivity index (χ0v) is 10.2. The molecule has 1 aliphatic carbocycles. The van der Waals surface area contributed by atoms with Gasteiger partial charge in [0.2, 0.25) is 0 Å². The van der Waals surface area contributed by atoms with Gasteiger partial charge in [-0.05, 0) is 46.8 Å². The molecule has 1 amide bonds. The van der Waals surface area contributed by atoms with Gasteiger partial charge in [-0.2, -0.15) is 0 Å². The van der Waals surface area contributed by atoms with Crippen LogP contribution in [0.4, 0.5) is 0 Å². The molecular weight excluding hydrogens is 256 g/mol. The van der Waals surface area contributed by atoms with E-state index >= 15 is 0 Å². The molecule has 4 heteroatoms. The Kier molecular flexibility index (Phi) is 3.05. The van der Waals surface area contributed by atoms with Crippen molar-refractivity contribution in [3.8, 4) is 0 Å². The van der Waals surface area contributed by atoms with E-state index in [9.17, 15) is 4.79 Å². The molecule has 0 unspecified atom stereocenters. The average Bonchev–Trinajstić information content (AvgIpc) is 3.00. The van der Waals surface area contributed by atoms with Gasteiger partial charge in [-0.3, -0.25) is 4.79 Å². The van der Waals surface area contributed by atoms with Crippen molar-refractivity contribution in [2.75, 3.05) is 13.6 Å². The van der Waals surface area contributed by atoms with Gasteiger partial charge in [-0.1, -0.05) is 6.07 Å². The van der Waals surface area contributed by atoms with Gasteiger partial charge in [0, 0.05) is 13.6 Å². The second-order valence-corrected chi connectivity index (χ2v) is 4.79. The minimum Gasteiger partial charge on any atom is -0.340 e. The molecule has 0 aliphatic heterocycles. The SMILES string of the molecule is CN(CC1CC1)C(=O)c1cccc(Br)n1. The molecule has 0 bridgehead atoms. The number of aromatic nitrogens is 1. The highest BCUT2D eigenvalue weighted by atomic mass is 79.9. The normalized spacial score (nSPS) is 15.1. The number of nitrogens with zero attached hydrogens (tertiary/aromatic N) is 2. The zero-order valence-electron chi connectivity index (χ0n) is 8.61. The van der Waals surface area contributed by atoms with E-state index in [1.165, 1.54) is 12.8 Å². The van der Waals surface area contributed by atoms with Gasteiger partial charge in [-0.25, -0.2) is 4.98 Å². The first-order valence-electron chi connectivity index (χ1n) is 5.05. The Morgan fingerprint density at radius 3 is 2.93 bits per heavy atom. The summed E-state index contributed by atoms with van der Waals surface area (Å²) in [7, 11) is 1.84. The van der Waals surface area contributed by atoms with Gasteiger partial charge in [0.25, 0.3) is 5.91 Å². The Labute approximate surface area is 97.6 Å². The molecular formula is C11H13BrN2O. The minimum absolute atomic E-state index is 0.00296. The summed E-state index contributed by atoms with van der Waals surface area (Å²) in [6.07, 6.45) is 2.51. The molecule has 1 aromatic heterocycles. The predicted molar refractivity (Wildman–Crippen MR) is 61.6 cm³/mol. The number of carbonyl (C=O) groups is 1. The summed E-state index contributed by atoms with van der Waals surface area (Å²) in [5.41, 5.74) is 0.507. The Bertz CT molecular complexity index is 377. The monoisotopic (exact) mass is 268 g/mol. The zero-order chi connectivity index (χ0) is 10.8. The molecule has 0 aromatic carbocycles. The third-order valence-electron chi connectivity index (χ3n) is 2.51. The Balaban J connectivity index is 2.05. The van der Waals surface area contributed by atoms with Crippen LogP contribution in [0.15, 0.2) is 22.8 Å². The first-order chi connectivity index (χ1) is 7.16. The highest BCUT2D eigenvalue weighted by Gasteiger charge is 2.25. The first-order valence-corrected chi connectivity index (χ1v) is 5.84. The smallest absolute Gasteiger partial charge is 0.272 e. The van der Waals surface area contributed by atoms with E-state index in [0.29, 0.717) is 16.2 Å². The molecule has 3 nitrogen and oxygen atoms in total. The summed E-state index contributed by atoms with van der Waals surface area (Å²) in [4.78, 5) is 17.8. The third kappa shape index (κ3) is 2.78. The number of amides is 1. The number of halogens is 1. The Morgan fingerprint density at radius 1 is 1.60 bits per heavy atom. The molecule has 80 valence electrons. The van der Waals surface area contributed by atoms with E-state index in [4.69, 9.17) is 0 Å². The van der Waals surface area contributed by atoms with Crippen molar-refractivity contribution in [3.05, 3.63) is 28.5 Å². The van der Waals surface area contributed by atoms with Gasteiger partial charge < -0.3 is 4.90 Å². The molecule has 1 aliphatic rings. The van der Waals surface area contributed by atoms with Crippen LogP contribution in [-0.4, -0.2) is 29.4 Å². The molecule has 0 radical (unpaired) electrons. The molecule has 1 aromatic rings. The number of carbonyl (C=O) groups excluding carboxylic acids is 1. The van der Waals surface area contributed by atoms with Crippen LogP contribution < -0.4 is 0 Å². The average molecular weight is 269 g/mol. The highest BCUT2D eigenvalue weighted by molar-refractivity contribution is 9.10. The molecule has 1 saturated carbocycles. The summed E-state index contributed by atoms with van der Waals surface area (Å²) < 4.78 is 0.702. The summed E-state index contributed by atoms with van der Waals surface area (Å²) >= 11 is 3.26. The third-order valence-corrected chi connectivity index (χ3v) is 2.95. The molecule has 15 heavy (non-hydrogen) atoms. The standard InChI is InChI=1S/C11H13BrN2O/c1-14(7-8-5-6-8)11(15)9-3-2-4-10(12)13-9/h2-4,8H,5-7H2,1H3. The lowest BCUT2D eigenvalue weighted by atomic mass is 10.3. The summed E-state index contributed by atoms with van der Waals surface area (Å²) in [6, 6.07) is 5.39. The van der Waals surface area contributed by atoms with Crippen LogP contribution in [0.25, 0.3) is 0 Å². The Hall–Kier alpha value is -0.900. The molecule has 1 fully saturated rings. The van der Waals surface area contributed by atoms with Crippen LogP contribution in [0.2, 0.25) is 0 Å². The fourth-order valence-corrected chi connectivity index (χ4v) is 1.84.